The molecule has 1 aromatic heterocycles. The van der Waals surface area contributed by atoms with Gasteiger partial charge in [-0.3, -0.25) is 0 Å². The maximum absolute atomic E-state index is 11.1. The van der Waals surface area contributed by atoms with Crippen molar-refractivity contribution in [3.8, 4) is 0 Å². The minimum Gasteiger partial charge on any atom is -0.547 e. The average molecular weight is 385 g/mol. The highest BCUT2D eigenvalue weighted by Crippen LogP contribution is 2.22. The molecule has 0 aliphatic carbocycles. The maximum Gasteiger partial charge on any atom is 0.383 e. The number of hydrogen-bond acceptors (Lipinski definition) is 11. The number of nitrogens with two attached hydrogens (primary N) is 2. The molecule has 0 spiro atoms. The Balaban J connectivity index is 1.81. The molecule has 12 heteroatoms. The van der Waals surface area contributed by atoms with E-state index in [4.69, 9.17) is 21.0 Å². The van der Waals surface area contributed by atoms with Gasteiger partial charge in [0.15, 0.2) is 5.82 Å². The van der Waals surface area contributed by atoms with Gasteiger partial charge in [-0.1, -0.05) is 4.98 Å². The number of carboxylic acids is 1. The summed E-state index contributed by atoms with van der Waals surface area (Å²) in [4.78, 5) is 22.6. The summed E-state index contributed by atoms with van der Waals surface area (Å²) in [6.07, 6.45) is -5.87. The van der Waals surface area contributed by atoms with Crippen molar-refractivity contribution in [2.24, 2.45) is 0 Å². The van der Waals surface area contributed by atoms with E-state index in [0.717, 1.165) is 37.1 Å². The summed E-state index contributed by atoms with van der Waals surface area (Å²) < 4.78 is 5.85. The SMILES string of the molecule is Nc1cc(N2CCCCC2)nc(N)[n+]1O[C@@H]1O[C@H](C(=O)[O-])[C@@H](O)[C@@H](O)[C@H]1O. The summed E-state index contributed by atoms with van der Waals surface area (Å²) in [7, 11) is 0. The first-order valence-electron chi connectivity index (χ1n) is 8.60. The number of anilines is 3. The number of rotatable bonds is 4. The van der Waals surface area contributed by atoms with Gasteiger partial charge in [0.05, 0.1) is 12.0 Å². The second-order valence-electron chi connectivity index (χ2n) is 6.56. The molecule has 0 radical (unpaired) electrons. The summed E-state index contributed by atoms with van der Waals surface area (Å²) in [5.41, 5.74) is 11.9. The summed E-state index contributed by atoms with van der Waals surface area (Å²) >= 11 is 0. The first-order chi connectivity index (χ1) is 12.8. The molecule has 2 aliphatic heterocycles. The largest absolute Gasteiger partial charge is 0.547 e. The van der Waals surface area contributed by atoms with Gasteiger partial charge in [0, 0.05) is 13.1 Å². The molecule has 3 heterocycles. The van der Waals surface area contributed by atoms with Crippen LogP contribution in [0.2, 0.25) is 0 Å². The number of nitrogens with zero attached hydrogens (tertiary/aromatic N) is 3. The fourth-order valence-electron chi connectivity index (χ4n) is 3.15. The fraction of sp³-hybridized carbons (Fsp3) is 0.667. The number of aliphatic carboxylic acids is 1. The number of aliphatic hydroxyl groups excluding tert-OH is 3. The first kappa shape index (κ1) is 19.4. The standard InChI is InChI=1S/C15H23N5O7/c16-7-6-8(19-4-2-1-3-5-19)18-15(17)20(7)27-14-11(23)9(21)10(22)12(26-14)13(24)25/h6,9-12,14,21-23H,1-5H2,(H4,16,17,18,24,25)/t9-,10+,11-,12+,14+/m1/s1. The number of piperidine rings is 1. The van der Waals surface area contributed by atoms with Gasteiger partial charge in [-0.15, -0.1) is 0 Å². The van der Waals surface area contributed by atoms with E-state index in [-0.39, 0.29) is 11.8 Å². The molecular formula is C15H23N5O7. The van der Waals surface area contributed by atoms with Crippen LogP contribution in [0.15, 0.2) is 6.07 Å². The highest BCUT2D eigenvalue weighted by Gasteiger charge is 2.46. The number of nitrogen functional groups attached to an aromatic ring is 2. The molecule has 2 fully saturated rings. The molecule has 0 aromatic carbocycles. The Hall–Kier alpha value is -2.41. The summed E-state index contributed by atoms with van der Waals surface area (Å²) in [6, 6.07) is 1.53. The van der Waals surface area contributed by atoms with E-state index in [1.807, 2.05) is 4.90 Å². The van der Waals surface area contributed by atoms with Crippen LogP contribution in [0.1, 0.15) is 19.3 Å². The lowest BCUT2D eigenvalue weighted by Gasteiger charge is -2.39. The van der Waals surface area contributed by atoms with Gasteiger partial charge in [-0.05, 0) is 24.0 Å². The number of hydrogen-bond donors (Lipinski definition) is 5. The Bertz CT molecular complexity index is 676. The van der Waals surface area contributed by atoms with Gasteiger partial charge in [-0.25, -0.2) is 0 Å². The highest BCUT2D eigenvalue weighted by molar-refractivity contribution is 5.71. The molecule has 7 N–H and O–H groups in total. The third kappa shape index (κ3) is 3.83. The third-order valence-electron chi connectivity index (χ3n) is 4.64. The Morgan fingerprint density at radius 2 is 1.89 bits per heavy atom. The van der Waals surface area contributed by atoms with Crippen molar-refractivity contribution in [3.63, 3.8) is 0 Å². The number of carbonyl (C=O) groups is 1. The van der Waals surface area contributed by atoms with Crippen molar-refractivity contribution >= 4 is 23.6 Å². The second-order valence-corrected chi connectivity index (χ2v) is 6.56. The van der Waals surface area contributed by atoms with E-state index in [1.54, 1.807) is 0 Å². The number of carbonyl (C=O) groups excluding carboxylic acids is 1. The summed E-state index contributed by atoms with van der Waals surface area (Å²) in [6.45, 7) is 1.64. The molecule has 1 aromatic rings. The summed E-state index contributed by atoms with van der Waals surface area (Å²) in [5, 5.41) is 40.6. The van der Waals surface area contributed by atoms with Crippen LogP contribution in [0.5, 0.6) is 0 Å². The van der Waals surface area contributed by atoms with E-state index < -0.39 is 36.7 Å². The van der Waals surface area contributed by atoms with E-state index >= 15 is 0 Å². The zero-order valence-corrected chi connectivity index (χ0v) is 14.5. The molecular weight excluding hydrogens is 362 g/mol. The Morgan fingerprint density at radius 3 is 2.48 bits per heavy atom. The van der Waals surface area contributed by atoms with Crippen LogP contribution in [0.4, 0.5) is 17.6 Å². The quantitative estimate of drug-likeness (QED) is 0.314. The van der Waals surface area contributed by atoms with Crippen LogP contribution in [0.3, 0.4) is 0 Å². The number of carboxylic acid groups (broad SMARTS) is 1. The van der Waals surface area contributed by atoms with Crippen LogP contribution in [0.25, 0.3) is 0 Å². The van der Waals surface area contributed by atoms with Crippen LogP contribution in [-0.4, -0.2) is 70.1 Å². The molecule has 0 bridgehead atoms. The lowest BCUT2D eigenvalue weighted by atomic mass is 9.99. The molecule has 3 rings (SSSR count). The predicted molar refractivity (Wildman–Crippen MR) is 87.6 cm³/mol. The normalized spacial score (nSPS) is 31.5. The smallest absolute Gasteiger partial charge is 0.383 e. The minimum absolute atomic E-state index is 0.0319. The highest BCUT2D eigenvalue weighted by atomic mass is 16.8. The van der Waals surface area contributed by atoms with Crippen LogP contribution >= 0.6 is 0 Å². The number of ether oxygens (including phenoxy) is 1. The molecule has 0 saturated carbocycles. The molecule has 27 heavy (non-hydrogen) atoms. The molecule has 2 saturated heterocycles. The van der Waals surface area contributed by atoms with Gasteiger partial charge in [0.25, 0.3) is 6.29 Å². The molecule has 0 amide bonds. The Morgan fingerprint density at radius 1 is 1.22 bits per heavy atom. The fourth-order valence-corrected chi connectivity index (χ4v) is 3.15. The van der Waals surface area contributed by atoms with Gasteiger partial charge >= 0.3 is 5.95 Å². The van der Waals surface area contributed by atoms with Crippen molar-refractivity contribution in [3.05, 3.63) is 6.07 Å². The molecule has 12 nitrogen and oxygen atoms in total. The van der Waals surface area contributed by atoms with E-state index in [2.05, 4.69) is 4.98 Å². The third-order valence-corrected chi connectivity index (χ3v) is 4.64. The zero-order valence-electron chi connectivity index (χ0n) is 14.5. The monoisotopic (exact) mass is 385 g/mol. The Labute approximate surface area is 154 Å². The maximum atomic E-state index is 11.1. The van der Waals surface area contributed by atoms with Crippen molar-refractivity contribution in [1.29, 1.82) is 0 Å². The van der Waals surface area contributed by atoms with Crippen LogP contribution < -0.4 is 31.0 Å². The lowest BCUT2D eigenvalue weighted by Crippen LogP contribution is -2.67. The zero-order chi connectivity index (χ0) is 19.7. The molecule has 150 valence electrons. The van der Waals surface area contributed by atoms with Gasteiger partial charge in [0.1, 0.15) is 24.4 Å². The lowest BCUT2D eigenvalue weighted by molar-refractivity contribution is -0.889. The van der Waals surface area contributed by atoms with Crippen molar-refractivity contribution in [2.75, 3.05) is 29.5 Å². The van der Waals surface area contributed by atoms with Gasteiger partial charge in [-0.2, -0.15) is 0 Å². The topological polar surface area (TPSA) is 191 Å². The molecule has 5 atom stereocenters. The van der Waals surface area contributed by atoms with E-state index in [0.29, 0.717) is 5.82 Å². The Kier molecular flexibility index (Phi) is 5.51. The molecule has 0 unspecified atom stereocenters. The molecule has 2 aliphatic rings. The van der Waals surface area contributed by atoms with E-state index in [9.17, 15) is 25.2 Å². The van der Waals surface area contributed by atoms with Gasteiger partial charge < -0.3 is 51.2 Å². The van der Waals surface area contributed by atoms with Crippen molar-refractivity contribution in [1.82, 2.24) is 4.98 Å². The number of aromatic nitrogens is 2. The van der Waals surface area contributed by atoms with Crippen molar-refractivity contribution < 1.29 is 39.5 Å². The van der Waals surface area contributed by atoms with Crippen LogP contribution in [0, 0.1) is 0 Å². The van der Waals surface area contributed by atoms with Crippen molar-refractivity contribution in [2.45, 2.75) is 50.0 Å². The number of aliphatic hydroxyl groups is 3. The first-order valence-corrected chi connectivity index (χ1v) is 8.60. The second kappa shape index (κ2) is 7.68. The minimum atomic E-state index is -1.91. The van der Waals surface area contributed by atoms with E-state index in [1.165, 1.54) is 6.07 Å². The van der Waals surface area contributed by atoms with Gasteiger partial charge in [0.2, 0.25) is 5.82 Å². The average Bonchev–Trinajstić information content (AvgIpc) is 2.64. The van der Waals surface area contributed by atoms with Crippen LogP contribution in [-0.2, 0) is 9.53 Å². The predicted octanol–water partition coefficient (Wildman–Crippen LogP) is -4.49. The summed E-state index contributed by atoms with van der Waals surface area (Å²) in [5.74, 6) is -1.33.